The maximum atomic E-state index is 10.5. The van der Waals surface area contributed by atoms with Gasteiger partial charge < -0.3 is 4.90 Å². The average Bonchev–Trinajstić information content (AvgIpc) is 2.39. The van der Waals surface area contributed by atoms with Crippen molar-refractivity contribution >= 4 is 17.2 Å². The van der Waals surface area contributed by atoms with Gasteiger partial charge in [0.25, 0.3) is 5.69 Å². The van der Waals surface area contributed by atoms with Gasteiger partial charge in [-0.25, -0.2) is 4.99 Å². The minimum Gasteiger partial charge on any atom is -0.333 e. The van der Waals surface area contributed by atoms with E-state index in [2.05, 4.69) is 4.99 Å². The number of aliphatic imine (C=N–C) groups is 1. The van der Waals surface area contributed by atoms with Gasteiger partial charge in [0, 0.05) is 37.5 Å². The summed E-state index contributed by atoms with van der Waals surface area (Å²) in [6.07, 6.45) is 5.69. The van der Waals surface area contributed by atoms with Crippen LogP contribution in [0.5, 0.6) is 0 Å². The maximum Gasteiger partial charge on any atom is 0.269 e. The predicted molar refractivity (Wildman–Crippen MR) is 67.3 cm³/mol. The Labute approximate surface area is 99.2 Å². The highest BCUT2D eigenvalue weighted by molar-refractivity contribution is 5.98. The van der Waals surface area contributed by atoms with Gasteiger partial charge in [-0.1, -0.05) is 6.08 Å². The Balaban J connectivity index is 2.19. The Morgan fingerprint density at radius 2 is 2.06 bits per heavy atom. The van der Waals surface area contributed by atoms with Crippen LogP contribution in [0.2, 0.25) is 0 Å². The number of anilines is 1. The second kappa shape index (κ2) is 4.78. The van der Waals surface area contributed by atoms with Gasteiger partial charge in [0.05, 0.1) is 4.92 Å². The quantitative estimate of drug-likeness (QED) is 0.580. The number of amidine groups is 1. The summed E-state index contributed by atoms with van der Waals surface area (Å²) in [5.41, 5.74) is 1.01. The molecule has 1 aromatic carbocycles. The fourth-order valence-corrected chi connectivity index (χ4v) is 1.69. The molecule has 2 rings (SSSR count). The number of hydrogen-bond donors (Lipinski definition) is 0. The van der Waals surface area contributed by atoms with Gasteiger partial charge in [0.15, 0.2) is 0 Å². The molecule has 1 aromatic rings. The lowest BCUT2D eigenvalue weighted by Gasteiger charge is -2.22. The molecule has 0 N–H and O–H groups in total. The lowest BCUT2D eigenvalue weighted by molar-refractivity contribution is -0.384. The zero-order valence-corrected chi connectivity index (χ0v) is 9.54. The highest BCUT2D eigenvalue weighted by Crippen LogP contribution is 2.20. The summed E-state index contributed by atoms with van der Waals surface area (Å²) in [5.74, 6) is 0.973. The van der Waals surface area contributed by atoms with E-state index in [-0.39, 0.29) is 5.69 Å². The summed E-state index contributed by atoms with van der Waals surface area (Å²) in [5, 5.41) is 10.5. The first kappa shape index (κ1) is 11.3. The van der Waals surface area contributed by atoms with Crippen LogP contribution in [-0.4, -0.2) is 17.8 Å². The zero-order chi connectivity index (χ0) is 12.3. The summed E-state index contributed by atoms with van der Waals surface area (Å²) < 4.78 is 0. The molecule has 0 saturated carbocycles. The second-order valence-electron chi connectivity index (χ2n) is 3.80. The van der Waals surface area contributed by atoms with Crippen molar-refractivity contribution < 1.29 is 4.92 Å². The molecule has 0 atom stereocenters. The largest absolute Gasteiger partial charge is 0.333 e. The normalized spacial score (nSPS) is 14.3. The van der Waals surface area contributed by atoms with E-state index in [9.17, 15) is 10.1 Å². The van der Waals surface area contributed by atoms with Gasteiger partial charge >= 0.3 is 0 Å². The topological polar surface area (TPSA) is 58.7 Å². The van der Waals surface area contributed by atoms with Gasteiger partial charge in [-0.05, 0) is 18.6 Å². The van der Waals surface area contributed by atoms with Crippen LogP contribution < -0.4 is 4.90 Å². The van der Waals surface area contributed by atoms with Crippen LogP contribution in [0.25, 0.3) is 0 Å². The van der Waals surface area contributed by atoms with Crippen LogP contribution in [0, 0.1) is 10.1 Å². The molecular weight excluding hydrogens is 218 g/mol. The van der Waals surface area contributed by atoms with Crippen molar-refractivity contribution in [3.05, 3.63) is 46.7 Å². The Hall–Kier alpha value is -2.17. The van der Waals surface area contributed by atoms with Crippen LogP contribution in [0.4, 0.5) is 11.4 Å². The molecule has 0 fully saturated rings. The van der Waals surface area contributed by atoms with E-state index in [1.807, 2.05) is 18.0 Å². The van der Waals surface area contributed by atoms with Crippen molar-refractivity contribution in [2.24, 2.45) is 4.99 Å². The first-order valence-electron chi connectivity index (χ1n) is 5.38. The predicted octanol–water partition coefficient (Wildman–Crippen LogP) is 2.74. The lowest BCUT2D eigenvalue weighted by Crippen LogP contribution is -2.26. The van der Waals surface area contributed by atoms with Crippen LogP contribution in [-0.2, 0) is 0 Å². The molecule has 1 heterocycles. The highest BCUT2D eigenvalue weighted by Gasteiger charge is 2.11. The van der Waals surface area contributed by atoms with Crippen molar-refractivity contribution in [3.8, 4) is 0 Å². The Morgan fingerprint density at radius 3 is 2.59 bits per heavy atom. The van der Waals surface area contributed by atoms with Gasteiger partial charge in [0.2, 0.25) is 0 Å². The smallest absolute Gasteiger partial charge is 0.269 e. The van der Waals surface area contributed by atoms with Crippen molar-refractivity contribution in [1.82, 2.24) is 0 Å². The van der Waals surface area contributed by atoms with Gasteiger partial charge in [-0.2, -0.15) is 0 Å². The van der Waals surface area contributed by atoms with Gasteiger partial charge in [-0.3, -0.25) is 10.1 Å². The van der Waals surface area contributed by atoms with E-state index < -0.39 is 4.92 Å². The molecule has 5 nitrogen and oxygen atoms in total. The van der Waals surface area contributed by atoms with Crippen LogP contribution in [0.3, 0.4) is 0 Å². The fourth-order valence-electron chi connectivity index (χ4n) is 1.69. The monoisotopic (exact) mass is 231 g/mol. The van der Waals surface area contributed by atoms with Crippen molar-refractivity contribution in [2.75, 3.05) is 11.9 Å². The number of nitro groups is 1. The van der Waals surface area contributed by atoms with Crippen LogP contribution >= 0.6 is 0 Å². The number of non-ortho nitro benzene ring substituents is 1. The van der Waals surface area contributed by atoms with Crippen LogP contribution in [0.15, 0.2) is 41.5 Å². The summed E-state index contributed by atoms with van der Waals surface area (Å²) in [4.78, 5) is 16.4. The van der Waals surface area contributed by atoms with Crippen molar-refractivity contribution in [3.63, 3.8) is 0 Å². The van der Waals surface area contributed by atoms with E-state index in [1.54, 1.807) is 18.3 Å². The average molecular weight is 231 g/mol. The molecule has 0 unspecified atom stereocenters. The molecule has 1 aliphatic heterocycles. The molecule has 0 amide bonds. The molecule has 17 heavy (non-hydrogen) atoms. The van der Waals surface area contributed by atoms with Crippen LogP contribution in [0.1, 0.15) is 12.8 Å². The van der Waals surface area contributed by atoms with Gasteiger partial charge in [-0.15, -0.1) is 0 Å². The molecule has 0 saturated heterocycles. The molecular formula is C12H13N3O2. The molecule has 0 bridgehead atoms. The van der Waals surface area contributed by atoms with Crippen molar-refractivity contribution in [2.45, 2.75) is 12.8 Å². The third-order valence-corrected chi connectivity index (χ3v) is 2.70. The maximum absolute atomic E-state index is 10.5. The molecule has 5 heteroatoms. The Bertz CT molecular complexity index is 477. The first-order chi connectivity index (χ1) is 8.18. The minimum absolute atomic E-state index is 0.104. The zero-order valence-electron chi connectivity index (χ0n) is 9.54. The molecule has 0 aliphatic carbocycles. The van der Waals surface area contributed by atoms with Crippen molar-refractivity contribution in [1.29, 1.82) is 0 Å². The number of allylic oxidation sites excluding steroid dienone is 1. The number of benzene rings is 1. The van der Waals surface area contributed by atoms with E-state index in [4.69, 9.17) is 0 Å². The standard InChI is InChI=1S/C12H13N3O2/c1-14(12-4-2-3-9-13-12)10-5-7-11(8-6-10)15(16)17/h3,5-9H,2,4H2,1H3. The molecule has 1 aliphatic rings. The molecule has 0 aromatic heterocycles. The van der Waals surface area contributed by atoms with E-state index in [1.165, 1.54) is 12.1 Å². The van der Waals surface area contributed by atoms with E-state index in [0.29, 0.717) is 0 Å². The second-order valence-corrected chi connectivity index (χ2v) is 3.80. The highest BCUT2D eigenvalue weighted by atomic mass is 16.6. The fraction of sp³-hybridized carbons (Fsp3) is 0.250. The summed E-state index contributed by atoms with van der Waals surface area (Å²) in [6, 6.07) is 6.48. The molecule has 0 spiro atoms. The minimum atomic E-state index is -0.398. The number of nitro benzene ring substituents is 1. The SMILES string of the molecule is CN(C1=NC=CCC1)c1ccc([N+](=O)[O-])cc1. The Kier molecular flexibility index (Phi) is 3.18. The lowest BCUT2D eigenvalue weighted by atomic mass is 10.2. The molecule has 0 radical (unpaired) electrons. The van der Waals surface area contributed by atoms with E-state index in [0.717, 1.165) is 24.4 Å². The molecule has 88 valence electrons. The van der Waals surface area contributed by atoms with Gasteiger partial charge in [0.1, 0.15) is 5.84 Å². The number of rotatable bonds is 2. The number of nitrogens with zero attached hydrogens (tertiary/aromatic N) is 3. The number of hydrogen-bond acceptors (Lipinski definition) is 4. The third-order valence-electron chi connectivity index (χ3n) is 2.70. The van der Waals surface area contributed by atoms with E-state index >= 15 is 0 Å². The first-order valence-corrected chi connectivity index (χ1v) is 5.38. The summed E-state index contributed by atoms with van der Waals surface area (Å²) >= 11 is 0. The Morgan fingerprint density at radius 1 is 1.35 bits per heavy atom. The summed E-state index contributed by atoms with van der Waals surface area (Å²) in [6.45, 7) is 0. The summed E-state index contributed by atoms with van der Waals surface area (Å²) in [7, 11) is 1.92. The third kappa shape index (κ3) is 2.50.